The quantitative estimate of drug-likeness (QED) is 0.902. The Balaban J connectivity index is 1.80. The summed E-state index contributed by atoms with van der Waals surface area (Å²) < 4.78 is 5.20. The first-order valence-electron chi connectivity index (χ1n) is 6.84. The molecule has 0 radical (unpaired) electrons. The minimum absolute atomic E-state index is 0.434. The molecule has 1 aromatic rings. The molecule has 106 valence electrons. The zero-order chi connectivity index (χ0) is 13.7. The molecule has 1 fully saturated rings. The summed E-state index contributed by atoms with van der Waals surface area (Å²) in [7, 11) is 1.76. The minimum Gasteiger partial charge on any atom is -0.387 e. The molecule has 0 aliphatic carbocycles. The minimum atomic E-state index is -0.434. The highest BCUT2D eigenvalue weighted by Gasteiger charge is 2.21. The summed E-state index contributed by atoms with van der Waals surface area (Å²) in [6, 6.07) is 7.44. The van der Waals surface area contributed by atoms with Gasteiger partial charge in [0, 0.05) is 25.3 Å². The van der Waals surface area contributed by atoms with Crippen molar-refractivity contribution in [1.29, 1.82) is 0 Å². The normalized spacial score (nSPS) is 19.5. The van der Waals surface area contributed by atoms with Gasteiger partial charge in [0.1, 0.15) is 0 Å². The molecule has 3 nitrogen and oxygen atoms in total. The second kappa shape index (κ2) is 7.25. The van der Waals surface area contributed by atoms with Crippen LogP contribution in [-0.2, 0) is 4.74 Å². The molecule has 1 aromatic carbocycles. The molecule has 1 heterocycles. The van der Waals surface area contributed by atoms with E-state index in [2.05, 4.69) is 4.90 Å². The fourth-order valence-corrected chi connectivity index (χ4v) is 2.73. The maximum Gasteiger partial charge on any atom is 0.0916 e. The number of nitrogens with zero attached hydrogens (tertiary/aromatic N) is 1. The van der Waals surface area contributed by atoms with Gasteiger partial charge < -0.3 is 14.7 Å². The Kier molecular flexibility index (Phi) is 5.64. The molecule has 0 amide bonds. The van der Waals surface area contributed by atoms with Gasteiger partial charge in [-0.25, -0.2) is 0 Å². The van der Waals surface area contributed by atoms with Gasteiger partial charge in [-0.3, -0.25) is 0 Å². The summed E-state index contributed by atoms with van der Waals surface area (Å²) in [5.41, 5.74) is 0.934. The van der Waals surface area contributed by atoms with Crippen molar-refractivity contribution in [3.8, 4) is 0 Å². The Hall–Kier alpha value is -0.610. The van der Waals surface area contributed by atoms with E-state index in [-0.39, 0.29) is 0 Å². The van der Waals surface area contributed by atoms with Crippen LogP contribution < -0.4 is 0 Å². The van der Waals surface area contributed by atoms with Gasteiger partial charge in [-0.15, -0.1) is 0 Å². The van der Waals surface area contributed by atoms with Gasteiger partial charge in [0.15, 0.2) is 0 Å². The lowest BCUT2D eigenvalue weighted by molar-refractivity contribution is 0.0657. The van der Waals surface area contributed by atoms with E-state index >= 15 is 0 Å². The number of halogens is 1. The Bertz CT molecular complexity index is 374. The summed E-state index contributed by atoms with van der Waals surface area (Å²) in [4.78, 5) is 2.32. The Morgan fingerprint density at radius 2 is 1.95 bits per heavy atom. The second-order valence-corrected chi connectivity index (χ2v) is 5.70. The number of β-amino-alcohol motifs (C(OH)–C–C–N with tert-alkyl or cyclic N) is 1. The van der Waals surface area contributed by atoms with Crippen molar-refractivity contribution in [1.82, 2.24) is 4.90 Å². The van der Waals surface area contributed by atoms with Crippen molar-refractivity contribution >= 4 is 11.6 Å². The summed E-state index contributed by atoms with van der Waals surface area (Å²) in [6.45, 7) is 3.63. The van der Waals surface area contributed by atoms with Gasteiger partial charge in [0.05, 0.1) is 6.10 Å². The summed E-state index contributed by atoms with van der Waals surface area (Å²) in [5.74, 6) is 0.675. The van der Waals surface area contributed by atoms with E-state index < -0.39 is 6.10 Å². The van der Waals surface area contributed by atoms with Crippen LogP contribution in [0.2, 0.25) is 5.02 Å². The van der Waals surface area contributed by atoms with E-state index in [0.717, 1.165) is 38.1 Å². The average molecular weight is 284 g/mol. The van der Waals surface area contributed by atoms with E-state index in [1.165, 1.54) is 0 Å². The van der Waals surface area contributed by atoms with Crippen LogP contribution >= 0.6 is 11.6 Å². The van der Waals surface area contributed by atoms with E-state index in [4.69, 9.17) is 16.3 Å². The lowest BCUT2D eigenvalue weighted by Gasteiger charge is -2.32. The van der Waals surface area contributed by atoms with E-state index in [1.54, 1.807) is 7.11 Å². The SMILES string of the molecule is COCC1CCN(CC(O)c2ccc(Cl)cc2)CC1. The molecule has 4 heteroatoms. The van der Waals surface area contributed by atoms with Crippen LogP contribution in [0.1, 0.15) is 24.5 Å². The molecule has 1 N–H and O–H groups in total. The average Bonchev–Trinajstić information content (AvgIpc) is 2.42. The van der Waals surface area contributed by atoms with Gasteiger partial charge in [-0.1, -0.05) is 23.7 Å². The van der Waals surface area contributed by atoms with Gasteiger partial charge in [0.25, 0.3) is 0 Å². The van der Waals surface area contributed by atoms with E-state index in [9.17, 15) is 5.11 Å². The molecule has 1 unspecified atom stereocenters. The van der Waals surface area contributed by atoms with Gasteiger partial charge >= 0.3 is 0 Å². The van der Waals surface area contributed by atoms with Crippen molar-refractivity contribution in [3.63, 3.8) is 0 Å². The lowest BCUT2D eigenvalue weighted by atomic mass is 9.97. The van der Waals surface area contributed by atoms with Crippen molar-refractivity contribution in [2.24, 2.45) is 5.92 Å². The highest BCUT2D eigenvalue weighted by molar-refractivity contribution is 6.30. The number of aliphatic hydroxyl groups is 1. The maximum absolute atomic E-state index is 10.2. The topological polar surface area (TPSA) is 32.7 Å². The third-order valence-electron chi connectivity index (χ3n) is 3.80. The van der Waals surface area contributed by atoms with Crippen LogP contribution in [0.25, 0.3) is 0 Å². The van der Waals surface area contributed by atoms with Crippen molar-refractivity contribution in [3.05, 3.63) is 34.9 Å². The first-order chi connectivity index (χ1) is 9.19. The number of likely N-dealkylation sites (tertiary alicyclic amines) is 1. The molecule has 1 saturated heterocycles. The number of piperidine rings is 1. The smallest absolute Gasteiger partial charge is 0.0916 e. The first-order valence-corrected chi connectivity index (χ1v) is 7.21. The number of ether oxygens (including phenoxy) is 1. The summed E-state index contributed by atoms with van der Waals surface area (Å²) in [6.07, 6.45) is 1.87. The summed E-state index contributed by atoms with van der Waals surface area (Å²) >= 11 is 5.85. The molecule has 1 aliphatic rings. The zero-order valence-electron chi connectivity index (χ0n) is 11.4. The standard InChI is InChI=1S/C15H22ClNO2/c1-19-11-12-6-8-17(9-7-12)10-15(18)13-2-4-14(16)5-3-13/h2-5,12,15,18H,6-11H2,1H3. The van der Waals surface area contributed by atoms with E-state index in [0.29, 0.717) is 17.5 Å². The Morgan fingerprint density at radius 1 is 1.32 bits per heavy atom. The molecule has 1 atom stereocenters. The lowest BCUT2D eigenvalue weighted by Crippen LogP contribution is -2.37. The van der Waals surface area contributed by atoms with Crippen molar-refractivity contribution < 1.29 is 9.84 Å². The highest BCUT2D eigenvalue weighted by atomic mass is 35.5. The van der Waals surface area contributed by atoms with E-state index in [1.807, 2.05) is 24.3 Å². The van der Waals surface area contributed by atoms with Gasteiger partial charge in [0.2, 0.25) is 0 Å². The number of methoxy groups -OCH3 is 1. The molecular formula is C15H22ClNO2. The molecule has 0 bridgehead atoms. The van der Waals surface area contributed by atoms with Crippen LogP contribution in [0, 0.1) is 5.92 Å². The molecular weight excluding hydrogens is 262 g/mol. The monoisotopic (exact) mass is 283 g/mol. The predicted molar refractivity (Wildman–Crippen MR) is 77.5 cm³/mol. The second-order valence-electron chi connectivity index (χ2n) is 5.27. The molecule has 1 aliphatic heterocycles. The number of benzene rings is 1. The molecule has 0 aromatic heterocycles. The molecule has 19 heavy (non-hydrogen) atoms. The number of hydrogen-bond acceptors (Lipinski definition) is 3. The van der Waals surface area contributed by atoms with Crippen LogP contribution in [-0.4, -0.2) is 43.4 Å². The first kappa shape index (κ1) is 14.8. The summed E-state index contributed by atoms with van der Waals surface area (Å²) in [5, 5.41) is 10.9. The number of hydrogen-bond donors (Lipinski definition) is 1. The van der Waals surface area contributed by atoms with Crippen LogP contribution in [0.3, 0.4) is 0 Å². The third kappa shape index (κ3) is 4.46. The predicted octanol–water partition coefficient (Wildman–Crippen LogP) is 2.73. The molecule has 2 rings (SSSR count). The Morgan fingerprint density at radius 3 is 2.53 bits per heavy atom. The maximum atomic E-state index is 10.2. The van der Waals surface area contributed by atoms with Crippen LogP contribution in [0.5, 0.6) is 0 Å². The molecule has 0 saturated carbocycles. The fraction of sp³-hybridized carbons (Fsp3) is 0.600. The number of rotatable bonds is 5. The largest absolute Gasteiger partial charge is 0.387 e. The third-order valence-corrected chi connectivity index (χ3v) is 4.05. The van der Waals surface area contributed by atoms with Gasteiger partial charge in [-0.2, -0.15) is 0 Å². The van der Waals surface area contributed by atoms with Gasteiger partial charge in [-0.05, 0) is 49.5 Å². The Labute approximate surface area is 120 Å². The zero-order valence-corrected chi connectivity index (χ0v) is 12.1. The highest BCUT2D eigenvalue weighted by Crippen LogP contribution is 2.21. The molecule has 0 spiro atoms. The van der Waals surface area contributed by atoms with Crippen LogP contribution in [0.4, 0.5) is 0 Å². The number of aliphatic hydroxyl groups excluding tert-OH is 1. The van der Waals surface area contributed by atoms with Crippen molar-refractivity contribution in [2.45, 2.75) is 18.9 Å². The fourth-order valence-electron chi connectivity index (χ4n) is 2.61. The van der Waals surface area contributed by atoms with Crippen LogP contribution in [0.15, 0.2) is 24.3 Å². The van der Waals surface area contributed by atoms with Crippen molar-refractivity contribution in [2.75, 3.05) is 33.4 Å².